The van der Waals surface area contributed by atoms with Crippen LogP contribution in [0.25, 0.3) is 0 Å². The molecule has 0 spiro atoms. The molecule has 1 aliphatic rings. The molecule has 2 unspecified atom stereocenters. The molecule has 1 saturated heterocycles. The summed E-state index contributed by atoms with van der Waals surface area (Å²) in [5.74, 6) is 2.61. The van der Waals surface area contributed by atoms with Crippen molar-refractivity contribution in [1.82, 2.24) is 0 Å². The van der Waals surface area contributed by atoms with Crippen LogP contribution in [0.4, 0.5) is 0 Å². The van der Waals surface area contributed by atoms with Gasteiger partial charge in [-0.3, -0.25) is 0 Å². The molecule has 0 aromatic heterocycles. The van der Waals surface area contributed by atoms with E-state index in [0.29, 0.717) is 0 Å². The van der Waals surface area contributed by atoms with Crippen molar-refractivity contribution < 1.29 is 0 Å². The fourth-order valence-corrected chi connectivity index (χ4v) is 4.22. The molecule has 0 N–H and O–H groups in total. The molecule has 1 heterocycles. The Morgan fingerprint density at radius 3 is 2.14 bits per heavy atom. The summed E-state index contributed by atoms with van der Waals surface area (Å²) in [7, 11) is 2.59. The third-order valence-electron chi connectivity index (χ3n) is 1.24. The van der Waals surface area contributed by atoms with E-state index in [4.69, 9.17) is 0 Å². The maximum Gasteiger partial charge on any atom is -0.0175 e. The molecule has 0 bridgehead atoms. The summed E-state index contributed by atoms with van der Waals surface area (Å²) in [6, 6.07) is 0. The first-order valence-electron chi connectivity index (χ1n) is 2.81. The maximum absolute atomic E-state index is 2.37. The van der Waals surface area contributed by atoms with Gasteiger partial charge in [0.15, 0.2) is 0 Å². The van der Waals surface area contributed by atoms with Crippen molar-refractivity contribution in [2.45, 2.75) is 6.92 Å². The smallest absolute Gasteiger partial charge is 0.0175 e. The lowest BCUT2D eigenvalue weighted by molar-refractivity contribution is 0.755. The average molecular weight is 134 g/mol. The van der Waals surface area contributed by atoms with E-state index in [1.165, 1.54) is 29.5 Å². The largest absolute Gasteiger partial charge is 0.118 e. The summed E-state index contributed by atoms with van der Waals surface area (Å²) < 4.78 is 0. The van der Waals surface area contributed by atoms with Crippen molar-refractivity contribution in [3.63, 3.8) is 0 Å². The minimum Gasteiger partial charge on any atom is -0.118 e. The molecule has 0 aliphatic carbocycles. The van der Waals surface area contributed by atoms with E-state index in [1.54, 1.807) is 5.90 Å². The van der Waals surface area contributed by atoms with Gasteiger partial charge >= 0.3 is 0 Å². The summed E-state index contributed by atoms with van der Waals surface area (Å²) >= 11 is 0. The highest BCUT2D eigenvalue weighted by molar-refractivity contribution is 7.56. The lowest BCUT2D eigenvalue weighted by Crippen LogP contribution is -2.03. The molecule has 0 aromatic carbocycles. The maximum atomic E-state index is 2.37. The first kappa shape index (κ1) is 5.99. The predicted octanol–water partition coefficient (Wildman–Crippen LogP) is 1.95. The van der Waals surface area contributed by atoms with Crippen molar-refractivity contribution in [3.05, 3.63) is 0 Å². The van der Waals surface area contributed by atoms with Crippen LogP contribution in [0.3, 0.4) is 0 Å². The Balaban J connectivity index is 2.12. The van der Waals surface area contributed by atoms with Gasteiger partial charge < -0.3 is 0 Å². The summed E-state index contributed by atoms with van der Waals surface area (Å²) in [5, 5.41) is 0. The highest BCUT2D eigenvalue weighted by atomic mass is 31.1. The Hall–Kier alpha value is 0.860. The lowest BCUT2D eigenvalue weighted by Gasteiger charge is -2.16. The van der Waals surface area contributed by atoms with Crippen LogP contribution in [0, 0.1) is 5.92 Å². The van der Waals surface area contributed by atoms with Crippen LogP contribution in [-0.2, 0) is 0 Å². The minimum atomic E-state index is 1.06. The van der Waals surface area contributed by atoms with Gasteiger partial charge in [-0.2, -0.15) is 0 Å². The van der Waals surface area contributed by atoms with Gasteiger partial charge in [0.05, 0.1) is 0 Å². The van der Waals surface area contributed by atoms with E-state index < -0.39 is 0 Å². The lowest BCUT2D eigenvalue weighted by atomic mass is 10.3. The van der Waals surface area contributed by atoms with Gasteiger partial charge in [0, 0.05) is 0 Å². The third kappa shape index (κ3) is 2.06. The molecule has 7 heavy (non-hydrogen) atoms. The Kier molecular flexibility index (Phi) is 2.57. The van der Waals surface area contributed by atoms with Crippen LogP contribution >= 0.6 is 17.2 Å². The van der Waals surface area contributed by atoms with Crippen LogP contribution in [0.15, 0.2) is 0 Å². The van der Waals surface area contributed by atoms with Crippen molar-refractivity contribution in [3.8, 4) is 0 Å². The first-order chi connectivity index (χ1) is 3.39. The number of hydrogen-bond donors (Lipinski definition) is 0. The fraction of sp³-hybridized carbons (Fsp3) is 1.00. The Bertz CT molecular complexity index is 48.0. The second-order valence-corrected chi connectivity index (χ2v) is 5.42. The normalized spacial score (nSPS) is 39.9. The SMILES string of the molecule is CC1CPCPC1. The molecule has 0 saturated carbocycles. The molecule has 1 rings (SSSR count). The van der Waals surface area contributed by atoms with Gasteiger partial charge in [-0.1, -0.05) is 6.92 Å². The Morgan fingerprint density at radius 2 is 1.86 bits per heavy atom. The molecule has 2 atom stereocenters. The van der Waals surface area contributed by atoms with Crippen LogP contribution in [0.5, 0.6) is 0 Å². The molecule has 0 aromatic rings. The molecule has 2 heteroatoms. The second kappa shape index (κ2) is 3.00. The quantitative estimate of drug-likeness (QED) is 0.444. The van der Waals surface area contributed by atoms with E-state index in [-0.39, 0.29) is 0 Å². The van der Waals surface area contributed by atoms with E-state index in [9.17, 15) is 0 Å². The first-order valence-corrected chi connectivity index (χ1v) is 5.64. The Morgan fingerprint density at radius 1 is 1.29 bits per heavy atom. The zero-order valence-corrected chi connectivity index (χ0v) is 6.70. The van der Waals surface area contributed by atoms with Crippen LogP contribution in [0.2, 0.25) is 0 Å². The topological polar surface area (TPSA) is 0 Å². The van der Waals surface area contributed by atoms with Crippen molar-refractivity contribution in [1.29, 1.82) is 0 Å². The molecule has 1 fully saturated rings. The van der Waals surface area contributed by atoms with Gasteiger partial charge in [0.2, 0.25) is 0 Å². The summed E-state index contributed by atoms with van der Waals surface area (Å²) in [6.45, 7) is 2.37. The van der Waals surface area contributed by atoms with Crippen LogP contribution in [-0.4, -0.2) is 18.2 Å². The summed E-state index contributed by atoms with van der Waals surface area (Å²) in [6.07, 6.45) is 3.04. The fourth-order valence-electron chi connectivity index (χ4n) is 0.798. The standard InChI is InChI=1S/C5H12P2/c1-5-2-6-4-7-3-5/h5-7H,2-4H2,1H3. The third-order valence-corrected chi connectivity index (χ3v) is 5.21. The van der Waals surface area contributed by atoms with Crippen molar-refractivity contribution >= 4 is 17.2 Å². The molecule has 0 radical (unpaired) electrons. The van der Waals surface area contributed by atoms with Crippen LogP contribution < -0.4 is 0 Å². The zero-order chi connectivity index (χ0) is 5.11. The van der Waals surface area contributed by atoms with E-state index in [2.05, 4.69) is 6.92 Å². The monoisotopic (exact) mass is 134 g/mol. The minimum absolute atomic E-state index is 1.06. The van der Waals surface area contributed by atoms with E-state index in [0.717, 1.165) is 5.92 Å². The molecule has 42 valence electrons. The zero-order valence-electron chi connectivity index (χ0n) is 4.70. The van der Waals surface area contributed by atoms with Crippen LogP contribution in [0.1, 0.15) is 6.92 Å². The Labute approximate surface area is 49.0 Å². The van der Waals surface area contributed by atoms with Gasteiger partial charge in [0.25, 0.3) is 0 Å². The number of rotatable bonds is 0. The highest BCUT2D eigenvalue weighted by Crippen LogP contribution is 2.33. The average Bonchev–Trinajstić information content (AvgIpc) is 1.69. The van der Waals surface area contributed by atoms with Crippen molar-refractivity contribution in [2.24, 2.45) is 5.92 Å². The summed E-state index contributed by atoms with van der Waals surface area (Å²) in [4.78, 5) is 0. The molecular formula is C5H12P2. The van der Waals surface area contributed by atoms with Crippen molar-refractivity contribution in [2.75, 3.05) is 18.2 Å². The number of hydrogen-bond acceptors (Lipinski definition) is 0. The van der Waals surface area contributed by atoms with E-state index >= 15 is 0 Å². The molecule has 0 amide bonds. The van der Waals surface area contributed by atoms with E-state index in [1.807, 2.05) is 0 Å². The highest BCUT2D eigenvalue weighted by Gasteiger charge is 2.05. The van der Waals surface area contributed by atoms with Gasteiger partial charge in [-0.15, -0.1) is 17.2 Å². The van der Waals surface area contributed by atoms with Gasteiger partial charge in [-0.05, 0) is 24.1 Å². The molecule has 1 aliphatic heterocycles. The van der Waals surface area contributed by atoms with Gasteiger partial charge in [-0.25, -0.2) is 0 Å². The molecule has 0 nitrogen and oxygen atoms in total. The second-order valence-electron chi connectivity index (χ2n) is 2.19. The van der Waals surface area contributed by atoms with Gasteiger partial charge in [0.1, 0.15) is 0 Å². The summed E-state index contributed by atoms with van der Waals surface area (Å²) in [5.41, 5.74) is 0. The molecular weight excluding hydrogens is 122 g/mol. The predicted molar refractivity (Wildman–Crippen MR) is 40.4 cm³/mol.